The minimum atomic E-state index is -0.697. The van der Waals surface area contributed by atoms with Crippen molar-refractivity contribution in [2.75, 3.05) is 52.7 Å². The highest BCUT2D eigenvalue weighted by Gasteiger charge is 2.15. The van der Waals surface area contributed by atoms with Crippen LogP contribution < -0.4 is 20.1 Å². The van der Waals surface area contributed by atoms with Gasteiger partial charge in [0.05, 0.1) is 26.4 Å². The van der Waals surface area contributed by atoms with E-state index in [9.17, 15) is 19.2 Å². The lowest BCUT2D eigenvalue weighted by molar-refractivity contribution is -0.140. The maximum atomic E-state index is 12.5. The number of esters is 2. The second-order valence-electron chi connectivity index (χ2n) is 8.41. The van der Waals surface area contributed by atoms with Crippen LogP contribution in [0.25, 0.3) is 21.5 Å². The van der Waals surface area contributed by atoms with Crippen LogP contribution in [0, 0.1) is 0 Å². The van der Waals surface area contributed by atoms with E-state index in [2.05, 4.69) is 23.8 Å². The molecule has 0 unspecified atom stereocenters. The van der Waals surface area contributed by atoms with Crippen LogP contribution in [0.2, 0.25) is 0 Å². The molecular formula is C30H32N2O10. The van der Waals surface area contributed by atoms with Crippen molar-refractivity contribution in [2.45, 2.75) is 0 Å². The highest BCUT2D eigenvalue weighted by molar-refractivity contribution is 6.04. The van der Waals surface area contributed by atoms with E-state index in [0.717, 1.165) is 22.9 Å². The monoisotopic (exact) mass is 580 g/mol. The molecule has 12 heteroatoms. The molecule has 0 bridgehead atoms. The summed E-state index contributed by atoms with van der Waals surface area (Å²) in [5.41, 5.74) is 0. The van der Waals surface area contributed by atoms with Gasteiger partial charge < -0.3 is 39.1 Å². The molecule has 3 aromatic carbocycles. The fourth-order valence-electron chi connectivity index (χ4n) is 3.60. The third-order valence-corrected chi connectivity index (χ3v) is 5.52. The first-order valence-corrected chi connectivity index (χ1v) is 13.0. The molecule has 3 rings (SSSR count). The highest BCUT2D eigenvalue weighted by Crippen LogP contribution is 2.36. The van der Waals surface area contributed by atoms with Crippen LogP contribution >= 0.6 is 0 Å². The molecule has 0 saturated heterocycles. The first-order valence-electron chi connectivity index (χ1n) is 13.0. The van der Waals surface area contributed by atoms with Gasteiger partial charge in [-0.3, -0.25) is 0 Å². The number of hydrogen-bond donors (Lipinski definition) is 2. The van der Waals surface area contributed by atoms with Gasteiger partial charge in [0, 0.05) is 36.0 Å². The van der Waals surface area contributed by atoms with Crippen molar-refractivity contribution in [1.29, 1.82) is 0 Å². The minimum absolute atomic E-state index is 0.0739. The maximum Gasteiger partial charge on any atom is 0.412 e. The number of carbonyl (C=O) groups is 4. The summed E-state index contributed by atoms with van der Waals surface area (Å²) in [5, 5.41) is 8.11. The molecule has 0 aliphatic carbocycles. The van der Waals surface area contributed by atoms with Gasteiger partial charge in [0.2, 0.25) is 0 Å². The van der Waals surface area contributed by atoms with Gasteiger partial charge in [-0.15, -0.1) is 0 Å². The zero-order valence-electron chi connectivity index (χ0n) is 22.9. The minimum Gasteiger partial charge on any atom is -0.460 e. The predicted molar refractivity (Wildman–Crippen MR) is 153 cm³/mol. The molecule has 0 aliphatic heterocycles. The molecule has 0 radical (unpaired) electrons. The average Bonchev–Trinajstić information content (AvgIpc) is 3.00. The normalized spacial score (nSPS) is 10.5. The Morgan fingerprint density at radius 3 is 1.45 bits per heavy atom. The number of ether oxygens (including phenoxy) is 6. The highest BCUT2D eigenvalue weighted by atomic mass is 16.6. The van der Waals surface area contributed by atoms with Crippen LogP contribution in [0.15, 0.2) is 73.8 Å². The van der Waals surface area contributed by atoms with Crippen LogP contribution in [-0.2, 0) is 28.5 Å². The molecule has 222 valence electrons. The van der Waals surface area contributed by atoms with E-state index in [0.29, 0.717) is 10.8 Å². The topological polar surface area (TPSA) is 148 Å². The summed E-state index contributed by atoms with van der Waals surface area (Å²) < 4.78 is 31.3. The zero-order chi connectivity index (χ0) is 30.2. The molecule has 0 fully saturated rings. The number of hydrogen-bond acceptors (Lipinski definition) is 10. The van der Waals surface area contributed by atoms with Crippen molar-refractivity contribution < 1.29 is 47.6 Å². The molecule has 2 N–H and O–H groups in total. The number of rotatable bonds is 16. The lowest BCUT2D eigenvalue weighted by Gasteiger charge is -2.14. The van der Waals surface area contributed by atoms with E-state index in [1.165, 1.54) is 12.1 Å². The molecule has 0 spiro atoms. The van der Waals surface area contributed by atoms with E-state index in [4.69, 9.17) is 28.4 Å². The summed E-state index contributed by atoms with van der Waals surface area (Å²) in [4.78, 5) is 46.9. The molecule has 0 aromatic heterocycles. The average molecular weight is 581 g/mol. The predicted octanol–water partition coefficient (Wildman–Crippen LogP) is 3.66. The van der Waals surface area contributed by atoms with E-state index < -0.39 is 24.1 Å². The van der Waals surface area contributed by atoms with Gasteiger partial charge in [0.25, 0.3) is 0 Å². The van der Waals surface area contributed by atoms with Crippen molar-refractivity contribution in [1.82, 2.24) is 10.6 Å². The molecule has 2 amide bonds. The number of carbonyl (C=O) groups excluding carboxylic acids is 4. The van der Waals surface area contributed by atoms with Gasteiger partial charge in [0.15, 0.2) is 0 Å². The quantitative estimate of drug-likeness (QED) is 0.111. The van der Waals surface area contributed by atoms with Crippen LogP contribution in [0.1, 0.15) is 0 Å². The largest absolute Gasteiger partial charge is 0.460 e. The van der Waals surface area contributed by atoms with Crippen molar-refractivity contribution >= 4 is 45.7 Å². The van der Waals surface area contributed by atoms with Gasteiger partial charge in [-0.1, -0.05) is 37.4 Å². The van der Waals surface area contributed by atoms with Crippen molar-refractivity contribution in [3.63, 3.8) is 0 Å². The van der Waals surface area contributed by atoms with Crippen molar-refractivity contribution in [2.24, 2.45) is 0 Å². The van der Waals surface area contributed by atoms with Gasteiger partial charge >= 0.3 is 24.1 Å². The van der Waals surface area contributed by atoms with E-state index >= 15 is 0 Å². The van der Waals surface area contributed by atoms with E-state index in [1.54, 1.807) is 0 Å². The van der Waals surface area contributed by atoms with E-state index in [-0.39, 0.29) is 64.2 Å². The second-order valence-corrected chi connectivity index (χ2v) is 8.41. The Morgan fingerprint density at radius 1 is 0.619 bits per heavy atom. The molecule has 0 atom stereocenters. The second kappa shape index (κ2) is 17.0. The van der Waals surface area contributed by atoms with Crippen molar-refractivity contribution in [3.8, 4) is 11.5 Å². The smallest absolute Gasteiger partial charge is 0.412 e. The molecular weight excluding hydrogens is 548 g/mol. The third kappa shape index (κ3) is 10.2. The van der Waals surface area contributed by atoms with Gasteiger partial charge in [-0.2, -0.15) is 0 Å². The van der Waals surface area contributed by atoms with Gasteiger partial charge in [-0.05, 0) is 35.0 Å². The lowest BCUT2D eigenvalue weighted by atomic mass is 10.0. The Balaban J connectivity index is 1.57. The fourth-order valence-corrected chi connectivity index (χ4v) is 3.60. The molecule has 12 nitrogen and oxygen atoms in total. The zero-order valence-corrected chi connectivity index (χ0v) is 22.9. The molecule has 3 aromatic rings. The van der Waals surface area contributed by atoms with Gasteiger partial charge in [-0.25, -0.2) is 19.2 Å². The summed E-state index contributed by atoms with van der Waals surface area (Å²) in [6.45, 7) is 7.79. The molecule has 0 saturated carbocycles. The molecule has 0 heterocycles. The Bertz CT molecular complexity index is 1320. The first kappa shape index (κ1) is 31.6. The number of amides is 2. The van der Waals surface area contributed by atoms with Crippen LogP contribution in [0.4, 0.5) is 9.59 Å². The maximum absolute atomic E-state index is 12.5. The number of nitrogens with one attached hydrogen (secondary N) is 2. The SMILES string of the molecule is C=CC(=O)OCCOCCNC(=O)Oc1ccc(OC(=O)NCCOCCOC(=O)C=C)c2cc3ccccc3cc12. The summed E-state index contributed by atoms with van der Waals surface area (Å²) in [5.74, 6) is -0.540. The van der Waals surface area contributed by atoms with Crippen LogP contribution in [-0.4, -0.2) is 76.9 Å². The summed E-state index contributed by atoms with van der Waals surface area (Å²) in [7, 11) is 0. The molecule has 0 aliphatic rings. The van der Waals surface area contributed by atoms with Crippen molar-refractivity contribution in [3.05, 3.63) is 73.8 Å². The Hall–Kier alpha value is -4.94. The molecule has 42 heavy (non-hydrogen) atoms. The first-order chi connectivity index (χ1) is 20.4. The third-order valence-electron chi connectivity index (χ3n) is 5.52. The number of fused-ring (bicyclic) bond motifs is 2. The van der Waals surface area contributed by atoms with Crippen LogP contribution in [0.3, 0.4) is 0 Å². The van der Waals surface area contributed by atoms with Crippen LogP contribution in [0.5, 0.6) is 11.5 Å². The fraction of sp³-hybridized carbons (Fsp3) is 0.267. The Labute approximate surface area is 242 Å². The summed E-state index contributed by atoms with van der Waals surface area (Å²) >= 11 is 0. The Kier molecular flexibility index (Phi) is 12.8. The van der Waals surface area contributed by atoms with Gasteiger partial charge in [0.1, 0.15) is 24.7 Å². The summed E-state index contributed by atoms with van der Waals surface area (Å²) in [6, 6.07) is 14.4. The number of benzene rings is 3. The lowest BCUT2D eigenvalue weighted by Crippen LogP contribution is -2.31. The standard InChI is InChI=1S/C30H32N2O10/c1-3-27(33)39-17-15-37-13-11-31-29(35)41-25-9-10-26(24-20-22-8-6-5-7-21(22)19-23(24)25)42-30(36)32-12-14-38-16-18-40-28(34)4-2/h3-10,19-20H,1-2,11-18H2,(H,31,35)(H,32,36). The Morgan fingerprint density at radius 2 is 1.05 bits per heavy atom. The summed E-state index contributed by atoms with van der Waals surface area (Å²) in [6.07, 6.45) is 0.727. The van der Waals surface area contributed by atoms with E-state index in [1.807, 2.05) is 36.4 Å².